The first-order valence-corrected chi connectivity index (χ1v) is 33.4. The summed E-state index contributed by atoms with van der Waals surface area (Å²) in [4.78, 5) is 38.0. The first kappa shape index (κ1) is 73.8. The minimum absolute atomic E-state index is 0.0727. The molecule has 0 saturated heterocycles. The Balaban J connectivity index is 3.98. The van der Waals surface area contributed by atoms with Crippen LogP contribution in [0.1, 0.15) is 342 Å². The molecule has 446 valence electrons. The van der Waals surface area contributed by atoms with Gasteiger partial charge in [0.15, 0.2) is 6.10 Å². The van der Waals surface area contributed by atoms with E-state index in [-0.39, 0.29) is 31.1 Å². The van der Waals surface area contributed by atoms with Gasteiger partial charge in [0.1, 0.15) is 13.2 Å². The molecule has 0 radical (unpaired) electrons. The predicted octanol–water partition coefficient (Wildman–Crippen LogP) is 22.9. The quantitative estimate of drug-likeness (QED) is 0.0261. The van der Waals surface area contributed by atoms with E-state index in [0.29, 0.717) is 19.3 Å². The largest absolute Gasteiger partial charge is 0.462 e. The molecule has 1 unspecified atom stereocenters. The van der Waals surface area contributed by atoms with Crippen LogP contribution in [-0.2, 0) is 28.6 Å². The minimum Gasteiger partial charge on any atom is -0.462 e. The molecule has 0 aliphatic rings. The molecule has 0 heterocycles. The molecule has 6 heteroatoms. The molecule has 0 aromatic heterocycles. The Morgan fingerprint density at radius 2 is 0.506 bits per heavy atom. The van der Waals surface area contributed by atoms with Crippen LogP contribution in [0.3, 0.4) is 0 Å². The molecule has 6 nitrogen and oxygen atoms in total. The number of ether oxygens (including phenoxy) is 3. The maximum absolute atomic E-state index is 12.8. The highest BCUT2D eigenvalue weighted by Crippen LogP contribution is 2.17. The van der Waals surface area contributed by atoms with E-state index in [4.69, 9.17) is 14.2 Å². The molecule has 0 aromatic rings. The molecule has 0 bridgehead atoms. The number of carbonyl (C=O) groups is 3. The van der Waals surface area contributed by atoms with E-state index < -0.39 is 6.10 Å². The molecule has 0 aliphatic heterocycles. The third kappa shape index (κ3) is 63.6. The number of unbranched alkanes of at least 4 members (excludes halogenated alkanes) is 38. The lowest BCUT2D eigenvalue weighted by Crippen LogP contribution is -2.30. The highest BCUT2D eigenvalue weighted by molar-refractivity contribution is 5.71. The second kappa shape index (κ2) is 65.4. The molecule has 0 aliphatic carbocycles. The highest BCUT2D eigenvalue weighted by Gasteiger charge is 2.19. The molecule has 0 amide bonds. The lowest BCUT2D eigenvalue weighted by atomic mass is 10.0. The van der Waals surface area contributed by atoms with Crippen LogP contribution < -0.4 is 0 Å². The number of esters is 3. The first-order valence-electron chi connectivity index (χ1n) is 33.4. The molecule has 1 atom stereocenters. The van der Waals surface area contributed by atoms with Crippen LogP contribution in [0.4, 0.5) is 0 Å². The maximum atomic E-state index is 12.8. The molecule has 0 saturated carbocycles. The third-order valence-corrected chi connectivity index (χ3v) is 14.7. The van der Waals surface area contributed by atoms with Crippen LogP contribution in [0, 0.1) is 0 Å². The van der Waals surface area contributed by atoms with Crippen LogP contribution in [-0.4, -0.2) is 37.2 Å². The van der Waals surface area contributed by atoms with Crippen molar-refractivity contribution in [3.63, 3.8) is 0 Å². The summed E-state index contributed by atoms with van der Waals surface area (Å²) in [6.07, 6.45) is 85.5. The van der Waals surface area contributed by atoms with Gasteiger partial charge >= 0.3 is 17.9 Å². The fourth-order valence-corrected chi connectivity index (χ4v) is 9.70. The van der Waals surface area contributed by atoms with Gasteiger partial charge in [-0.1, -0.05) is 306 Å². The average Bonchev–Trinajstić information content (AvgIpc) is 3.43. The van der Waals surface area contributed by atoms with Gasteiger partial charge in [-0.15, -0.1) is 0 Å². The summed E-state index contributed by atoms with van der Waals surface area (Å²) in [5.41, 5.74) is 0. The Bertz CT molecular complexity index is 1420. The number of allylic oxidation sites excluding steroid dienone is 12. The SMILES string of the molecule is CC/C=C\C/C=C\C/C=C\C/C=C\CCCCCCCCCCCCCCC(=O)OC(COC(=O)CCCCCCC)COC(=O)CCCCCCCCCCCCCCCCCCC/C=C\C/C=C\CCCCCCC. The monoisotopic (exact) mass is 1070 g/mol. The Morgan fingerprint density at radius 3 is 0.792 bits per heavy atom. The molecular weight excluding hydrogens is 949 g/mol. The second-order valence-electron chi connectivity index (χ2n) is 22.4. The Morgan fingerprint density at radius 1 is 0.273 bits per heavy atom. The summed E-state index contributed by atoms with van der Waals surface area (Å²) in [5, 5.41) is 0. The van der Waals surface area contributed by atoms with Crippen LogP contribution in [0.25, 0.3) is 0 Å². The maximum Gasteiger partial charge on any atom is 0.306 e. The number of carbonyl (C=O) groups excluding carboxylic acids is 3. The molecular formula is C71H126O6. The number of hydrogen-bond donors (Lipinski definition) is 0. The van der Waals surface area contributed by atoms with E-state index in [2.05, 4.69) is 93.7 Å². The predicted molar refractivity (Wildman–Crippen MR) is 335 cm³/mol. The standard InChI is InChI=1S/C71H126O6/c1-4-7-10-13-15-17-19-21-23-25-27-29-31-33-34-35-36-38-39-41-43-45-47-49-51-53-55-58-61-64-70(73)76-67-68(66-75-69(72)63-60-57-12-9-6-3)77-71(74)65-62-59-56-54-52-50-48-46-44-42-40-37-32-30-28-26-24-22-20-18-16-14-11-8-5-2/h8,11,16,18-19,21-22,24-25,27-28,30,68H,4-7,9-10,12-15,17,20,23,26,29,31-67H2,1-3H3/b11-8-,18-16-,21-19-,24-22-,27-25-,30-28-. The van der Waals surface area contributed by atoms with Gasteiger partial charge in [0.25, 0.3) is 0 Å². The van der Waals surface area contributed by atoms with E-state index in [1.165, 1.54) is 205 Å². The fourth-order valence-electron chi connectivity index (χ4n) is 9.70. The van der Waals surface area contributed by atoms with Gasteiger partial charge in [0.2, 0.25) is 0 Å². The van der Waals surface area contributed by atoms with Crippen molar-refractivity contribution in [3.05, 3.63) is 72.9 Å². The van der Waals surface area contributed by atoms with Gasteiger partial charge < -0.3 is 14.2 Å². The van der Waals surface area contributed by atoms with Crippen molar-refractivity contribution in [1.29, 1.82) is 0 Å². The summed E-state index contributed by atoms with van der Waals surface area (Å²) >= 11 is 0. The highest BCUT2D eigenvalue weighted by atomic mass is 16.6. The van der Waals surface area contributed by atoms with Crippen LogP contribution in [0.5, 0.6) is 0 Å². The topological polar surface area (TPSA) is 78.9 Å². The van der Waals surface area contributed by atoms with Gasteiger partial charge in [-0.2, -0.15) is 0 Å². The number of rotatable bonds is 61. The normalized spacial score (nSPS) is 12.5. The van der Waals surface area contributed by atoms with Crippen molar-refractivity contribution in [2.75, 3.05) is 13.2 Å². The summed E-state index contributed by atoms with van der Waals surface area (Å²) < 4.78 is 16.8. The van der Waals surface area contributed by atoms with Crippen molar-refractivity contribution in [2.24, 2.45) is 0 Å². The molecule has 0 N–H and O–H groups in total. The van der Waals surface area contributed by atoms with Crippen LogP contribution in [0.2, 0.25) is 0 Å². The van der Waals surface area contributed by atoms with Gasteiger partial charge in [0, 0.05) is 19.3 Å². The third-order valence-electron chi connectivity index (χ3n) is 14.7. The summed E-state index contributed by atoms with van der Waals surface area (Å²) in [6.45, 7) is 6.47. The summed E-state index contributed by atoms with van der Waals surface area (Å²) in [7, 11) is 0. The smallest absolute Gasteiger partial charge is 0.306 e. The molecule has 0 rings (SSSR count). The molecule has 0 aromatic carbocycles. The average molecular weight is 1080 g/mol. The molecule has 77 heavy (non-hydrogen) atoms. The first-order chi connectivity index (χ1) is 38.0. The zero-order valence-electron chi connectivity index (χ0n) is 51.2. The lowest BCUT2D eigenvalue weighted by Gasteiger charge is -2.18. The van der Waals surface area contributed by atoms with Crippen LogP contribution in [0.15, 0.2) is 72.9 Å². The second-order valence-corrected chi connectivity index (χ2v) is 22.4. The van der Waals surface area contributed by atoms with Gasteiger partial charge in [-0.3, -0.25) is 14.4 Å². The van der Waals surface area contributed by atoms with E-state index >= 15 is 0 Å². The van der Waals surface area contributed by atoms with Gasteiger partial charge in [0.05, 0.1) is 0 Å². The molecule has 0 spiro atoms. The Labute approximate surface area is 478 Å². The minimum atomic E-state index is -0.772. The van der Waals surface area contributed by atoms with Crippen molar-refractivity contribution in [3.8, 4) is 0 Å². The van der Waals surface area contributed by atoms with E-state index in [9.17, 15) is 14.4 Å². The van der Waals surface area contributed by atoms with Crippen molar-refractivity contribution < 1.29 is 28.6 Å². The van der Waals surface area contributed by atoms with Gasteiger partial charge in [-0.05, 0) is 89.9 Å². The Kier molecular flexibility index (Phi) is 62.7. The van der Waals surface area contributed by atoms with E-state index in [1.54, 1.807) is 0 Å². The zero-order valence-corrected chi connectivity index (χ0v) is 51.2. The fraction of sp³-hybridized carbons (Fsp3) is 0.789. The van der Waals surface area contributed by atoms with Crippen molar-refractivity contribution in [2.45, 2.75) is 348 Å². The molecule has 0 fully saturated rings. The Hall–Kier alpha value is -3.15. The van der Waals surface area contributed by atoms with Crippen molar-refractivity contribution >= 4 is 17.9 Å². The van der Waals surface area contributed by atoms with Gasteiger partial charge in [-0.25, -0.2) is 0 Å². The van der Waals surface area contributed by atoms with Crippen LogP contribution >= 0.6 is 0 Å². The van der Waals surface area contributed by atoms with Crippen molar-refractivity contribution in [1.82, 2.24) is 0 Å². The van der Waals surface area contributed by atoms with E-state index in [0.717, 1.165) is 96.3 Å². The summed E-state index contributed by atoms with van der Waals surface area (Å²) in [5.74, 6) is -0.873. The summed E-state index contributed by atoms with van der Waals surface area (Å²) in [6, 6.07) is 0. The van der Waals surface area contributed by atoms with E-state index in [1.807, 2.05) is 0 Å². The zero-order chi connectivity index (χ0) is 55.7. The lowest BCUT2D eigenvalue weighted by molar-refractivity contribution is -0.167. The number of hydrogen-bond acceptors (Lipinski definition) is 6.